The fourth-order valence-corrected chi connectivity index (χ4v) is 3.89. The molecule has 0 amide bonds. The summed E-state index contributed by atoms with van der Waals surface area (Å²) < 4.78 is 0. The summed E-state index contributed by atoms with van der Waals surface area (Å²) in [5, 5.41) is 3.53. The second-order valence-electron chi connectivity index (χ2n) is 6.10. The van der Waals surface area contributed by atoms with E-state index in [-0.39, 0.29) is 0 Å². The topological polar surface area (TPSA) is 12.0 Å². The number of hydrogen-bond acceptors (Lipinski definition) is 1. The lowest BCUT2D eigenvalue weighted by Crippen LogP contribution is -2.37. The lowest BCUT2D eigenvalue weighted by molar-refractivity contribution is 0.272. The summed E-state index contributed by atoms with van der Waals surface area (Å²) in [4.78, 5) is 0. The lowest BCUT2D eigenvalue weighted by Gasteiger charge is -2.31. The standard InChI is InChI=1S/C17H25N/c1-18-17-8-3-2-5-16(17)12-13-9-10-14-6-4-7-15(14)11-13/h9-11,16-18H,2-8,12H2,1H3. The first kappa shape index (κ1) is 12.2. The number of benzene rings is 1. The second-order valence-corrected chi connectivity index (χ2v) is 6.10. The van der Waals surface area contributed by atoms with E-state index in [9.17, 15) is 0 Å². The van der Waals surface area contributed by atoms with Gasteiger partial charge in [0.1, 0.15) is 0 Å². The molecule has 1 nitrogen and oxygen atoms in total. The molecule has 2 atom stereocenters. The van der Waals surface area contributed by atoms with Gasteiger partial charge in [0.25, 0.3) is 0 Å². The first-order chi connectivity index (χ1) is 8.86. The summed E-state index contributed by atoms with van der Waals surface area (Å²) in [6, 6.07) is 8.00. The molecule has 1 aromatic rings. The molecular weight excluding hydrogens is 218 g/mol. The molecule has 0 bridgehead atoms. The molecule has 0 spiro atoms. The highest BCUT2D eigenvalue weighted by Gasteiger charge is 2.24. The molecule has 1 heteroatoms. The van der Waals surface area contributed by atoms with E-state index in [1.165, 1.54) is 51.4 Å². The Kier molecular flexibility index (Phi) is 3.69. The zero-order valence-electron chi connectivity index (χ0n) is 11.5. The van der Waals surface area contributed by atoms with Crippen LogP contribution >= 0.6 is 0 Å². The van der Waals surface area contributed by atoms with Crippen LogP contribution in [0.2, 0.25) is 0 Å². The van der Waals surface area contributed by atoms with Crippen LogP contribution in [0.25, 0.3) is 0 Å². The van der Waals surface area contributed by atoms with E-state index in [0.717, 1.165) is 12.0 Å². The number of rotatable bonds is 3. The minimum atomic E-state index is 0.743. The van der Waals surface area contributed by atoms with Crippen molar-refractivity contribution in [2.75, 3.05) is 7.05 Å². The van der Waals surface area contributed by atoms with E-state index in [1.54, 1.807) is 16.7 Å². The van der Waals surface area contributed by atoms with Gasteiger partial charge in [0.05, 0.1) is 0 Å². The first-order valence-electron chi connectivity index (χ1n) is 7.65. The molecule has 1 fully saturated rings. The maximum atomic E-state index is 3.53. The van der Waals surface area contributed by atoms with Crippen LogP contribution in [0.4, 0.5) is 0 Å². The number of aryl methyl sites for hydroxylation is 2. The predicted octanol–water partition coefficient (Wildman–Crippen LogP) is 3.50. The summed E-state index contributed by atoms with van der Waals surface area (Å²) in [6.45, 7) is 0. The van der Waals surface area contributed by atoms with Gasteiger partial charge in [-0.3, -0.25) is 0 Å². The van der Waals surface area contributed by atoms with Gasteiger partial charge in [-0.05, 0) is 68.2 Å². The Bertz CT molecular complexity index is 410. The maximum Gasteiger partial charge on any atom is 0.00955 e. The Labute approximate surface area is 111 Å². The molecule has 18 heavy (non-hydrogen) atoms. The third-order valence-corrected chi connectivity index (χ3v) is 4.94. The minimum absolute atomic E-state index is 0.743. The molecule has 3 rings (SSSR count). The minimum Gasteiger partial charge on any atom is -0.317 e. The van der Waals surface area contributed by atoms with Crippen molar-refractivity contribution in [3.63, 3.8) is 0 Å². The van der Waals surface area contributed by atoms with Crippen molar-refractivity contribution in [3.8, 4) is 0 Å². The Morgan fingerprint density at radius 2 is 1.89 bits per heavy atom. The van der Waals surface area contributed by atoms with E-state index in [2.05, 4.69) is 30.6 Å². The Balaban J connectivity index is 1.71. The fraction of sp³-hybridized carbons (Fsp3) is 0.647. The molecule has 0 heterocycles. The van der Waals surface area contributed by atoms with Gasteiger partial charge >= 0.3 is 0 Å². The second kappa shape index (κ2) is 5.44. The molecule has 0 saturated heterocycles. The molecule has 2 aliphatic carbocycles. The van der Waals surface area contributed by atoms with Gasteiger partial charge in [-0.2, -0.15) is 0 Å². The van der Waals surface area contributed by atoms with Gasteiger partial charge in [-0.15, -0.1) is 0 Å². The zero-order valence-corrected chi connectivity index (χ0v) is 11.5. The molecule has 1 N–H and O–H groups in total. The molecule has 98 valence electrons. The lowest BCUT2D eigenvalue weighted by atomic mass is 9.80. The molecule has 0 radical (unpaired) electrons. The first-order valence-corrected chi connectivity index (χ1v) is 7.65. The fourth-order valence-electron chi connectivity index (χ4n) is 3.89. The van der Waals surface area contributed by atoms with Crippen molar-refractivity contribution in [2.24, 2.45) is 5.92 Å². The smallest absolute Gasteiger partial charge is 0.00955 e. The summed E-state index contributed by atoms with van der Waals surface area (Å²) in [6.07, 6.45) is 10.9. The van der Waals surface area contributed by atoms with E-state index in [4.69, 9.17) is 0 Å². The molecule has 2 aliphatic rings. The predicted molar refractivity (Wildman–Crippen MR) is 77.0 cm³/mol. The summed E-state index contributed by atoms with van der Waals surface area (Å²) in [5.74, 6) is 0.850. The van der Waals surface area contributed by atoms with Crippen molar-refractivity contribution >= 4 is 0 Å². The van der Waals surface area contributed by atoms with Crippen LogP contribution in [0.5, 0.6) is 0 Å². The third kappa shape index (κ3) is 2.47. The monoisotopic (exact) mass is 243 g/mol. The Hall–Kier alpha value is -0.820. The highest BCUT2D eigenvalue weighted by atomic mass is 14.9. The highest BCUT2D eigenvalue weighted by Crippen LogP contribution is 2.29. The van der Waals surface area contributed by atoms with Crippen LogP contribution in [-0.2, 0) is 19.3 Å². The number of nitrogens with one attached hydrogen (secondary N) is 1. The normalized spacial score (nSPS) is 27.2. The van der Waals surface area contributed by atoms with Crippen LogP contribution in [0.1, 0.15) is 48.8 Å². The van der Waals surface area contributed by atoms with Crippen molar-refractivity contribution in [3.05, 3.63) is 34.9 Å². The van der Waals surface area contributed by atoms with Crippen molar-refractivity contribution in [2.45, 2.75) is 57.4 Å². The highest BCUT2D eigenvalue weighted by molar-refractivity contribution is 5.35. The SMILES string of the molecule is CNC1CCCCC1Cc1ccc2c(c1)CCC2. The van der Waals surface area contributed by atoms with Gasteiger partial charge in [-0.1, -0.05) is 31.0 Å². The van der Waals surface area contributed by atoms with Crippen molar-refractivity contribution in [1.29, 1.82) is 0 Å². The van der Waals surface area contributed by atoms with E-state index >= 15 is 0 Å². The Morgan fingerprint density at radius 1 is 1.06 bits per heavy atom. The van der Waals surface area contributed by atoms with Gasteiger partial charge in [0, 0.05) is 6.04 Å². The van der Waals surface area contributed by atoms with Crippen LogP contribution in [0, 0.1) is 5.92 Å². The molecule has 0 aromatic heterocycles. The number of hydrogen-bond donors (Lipinski definition) is 1. The summed E-state index contributed by atoms with van der Waals surface area (Å²) >= 11 is 0. The van der Waals surface area contributed by atoms with E-state index in [1.807, 2.05) is 0 Å². The largest absolute Gasteiger partial charge is 0.317 e. The van der Waals surface area contributed by atoms with E-state index < -0.39 is 0 Å². The van der Waals surface area contributed by atoms with E-state index in [0.29, 0.717) is 0 Å². The van der Waals surface area contributed by atoms with Gasteiger partial charge in [0.15, 0.2) is 0 Å². The average Bonchev–Trinajstić information content (AvgIpc) is 2.87. The van der Waals surface area contributed by atoms with Crippen LogP contribution < -0.4 is 5.32 Å². The van der Waals surface area contributed by atoms with Gasteiger partial charge < -0.3 is 5.32 Å². The Morgan fingerprint density at radius 3 is 2.78 bits per heavy atom. The van der Waals surface area contributed by atoms with Gasteiger partial charge in [-0.25, -0.2) is 0 Å². The van der Waals surface area contributed by atoms with Crippen LogP contribution in [-0.4, -0.2) is 13.1 Å². The number of fused-ring (bicyclic) bond motifs is 1. The maximum absolute atomic E-state index is 3.53. The molecule has 2 unspecified atom stereocenters. The summed E-state index contributed by atoms with van der Waals surface area (Å²) in [5.41, 5.74) is 4.81. The summed E-state index contributed by atoms with van der Waals surface area (Å²) in [7, 11) is 2.13. The molecule has 0 aliphatic heterocycles. The molecule has 1 aromatic carbocycles. The third-order valence-electron chi connectivity index (χ3n) is 4.94. The van der Waals surface area contributed by atoms with Crippen molar-refractivity contribution in [1.82, 2.24) is 5.32 Å². The molecule has 1 saturated carbocycles. The average molecular weight is 243 g/mol. The van der Waals surface area contributed by atoms with Crippen LogP contribution in [0.3, 0.4) is 0 Å². The quantitative estimate of drug-likeness (QED) is 0.857. The molecular formula is C17H25N. The van der Waals surface area contributed by atoms with Gasteiger partial charge in [0.2, 0.25) is 0 Å². The zero-order chi connectivity index (χ0) is 12.4. The van der Waals surface area contributed by atoms with Crippen LogP contribution in [0.15, 0.2) is 18.2 Å². The van der Waals surface area contributed by atoms with Crippen molar-refractivity contribution < 1.29 is 0 Å².